The predicted molar refractivity (Wildman–Crippen MR) is 49.3 cm³/mol. The summed E-state index contributed by atoms with van der Waals surface area (Å²) in [6.45, 7) is 1.88. The van der Waals surface area contributed by atoms with Crippen LogP contribution >= 0.6 is 0 Å². The quantitative estimate of drug-likeness (QED) is 0.764. The molecule has 0 aliphatic carbocycles. The monoisotopic (exact) mass is 210 g/mol. The Bertz CT molecular complexity index is 412. The summed E-state index contributed by atoms with van der Waals surface area (Å²) >= 11 is 0. The van der Waals surface area contributed by atoms with Crippen molar-refractivity contribution in [2.75, 3.05) is 11.4 Å². The van der Waals surface area contributed by atoms with Crippen LogP contribution < -0.4 is 4.90 Å². The van der Waals surface area contributed by atoms with Crippen LogP contribution in [0.25, 0.3) is 0 Å². The van der Waals surface area contributed by atoms with Gasteiger partial charge >= 0.3 is 5.97 Å². The van der Waals surface area contributed by atoms with Crippen molar-refractivity contribution in [2.45, 2.75) is 13.3 Å². The Morgan fingerprint density at radius 3 is 2.93 bits per heavy atom. The van der Waals surface area contributed by atoms with Gasteiger partial charge in [0, 0.05) is 19.0 Å². The lowest BCUT2D eigenvalue weighted by molar-refractivity contribution is -0.141. The first-order valence-electron chi connectivity index (χ1n) is 4.54. The molecule has 15 heavy (non-hydrogen) atoms. The van der Waals surface area contributed by atoms with Crippen molar-refractivity contribution < 1.29 is 19.2 Å². The molecule has 1 amide bonds. The fraction of sp³-hybridized carbons (Fsp3) is 0.444. The van der Waals surface area contributed by atoms with Gasteiger partial charge in [0.1, 0.15) is 5.76 Å². The highest BCUT2D eigenvalue weighted by molar-refractivity contribution is 5.98. The van der Waals surface area contributed by atoms with Gasteiger partial charge in [-0.2, -0.15) is 0 Å². The lowest BCUT2D eigenvalue weighted by atomic mass is 10.1. The summed E-state index contributed by atoms with van der Waals surface area (Å²) in [7, 11) is 0. The number of nitrogens with zero attached hydrogens (tertiary/aromatic N) is 2. The lowest BCUT2D eigenvalue weighted by Crippen LogP contribution is -2.25. The third-order valence-electron chi connectivity index (χ3n) is 2.37. The number of rotatable bonds is 2. The molecule has 1 aromatic rings. The molecule has 1 aromatic heterocycles. The van der Waals surface area contributed by atoms with E-state index in [9.17, 15) is 9.59 Å². The Labute approximate surface area is 85.5 Å². The highest BCUT2D eigenvalue weighted by Gasteiger charge is 2.36. The van der Waals surface area contributed by atoms with Crippen molar-refractivity contribution in [3.05, 3.63) is 11.8 Å². The predicted octanol–water partition coefficient (Wildman–Crippen LogP) is 0.421. The minimum absolute atomic E-state index is 0.0290. The Kier molecular flexibility index (Phi) is 2.18. The van der Waals surface area contributed by atoms with E-state index in [2.05, 4.69) is 5.16 Å². The number of aryl methyl sites for hydroxylation is 1. The minimum Gasteiger partial charge on any atom is -0.481 e. The number of carbonyl (C=O) groups is 2. The molecule has 0 saturated carbocycles. The van der Waals surface area contributed by atoms with Gasteiger partial charge in [0.2, 0.25) is 5.91 Å². The van der Waals surface area contributed by atoms with Crippen LogP contribution in [-0.4, -0.2) is 28.7 Å². The van der Waals surface area contributed by atoms with Gasteiger partial charge < -0.3 is 9.63 Å². The Balaban J connectivity index is 2.18. The summed E-state index contributed by atoms with van der Waals surface area (Å²) in [5, 5.41) is 12.5. The van der Waals surface area contributed by atoms with Gasteiger partial charge in [-0.25, -0.2) is 0 Å². The molecule has 6 heteroatoms. The van der Waals surface area contributed by atoms with Crippen molar-refractivity contribution in [2.24, 2.45) is 5.92 Å². The van der Waals surface area contributed by atoms with Crippen molar-refractivity contribution in [1.29, 1.82) is 0 Å². The SMILES string of the molecule is Cc1cc(N2C[C@@H](C(=O)O)CC2=O)no1. The lowest BCUT2D eigenvalue weighted by Gasteiger charge is -2.10. The normalized spacial score (nSPS) is 21.0. The number of hydrogen-bond donors (Lipinski definition) is 1. The molecule has 1 saturated heterocycles. The maximum Gasteiger partial charge on any atom is 0.308 e. The maximum atomic E-state index is 11.5. The van der Waals surface area contributed by atoms with Crippen LogP contribution in [0.5, 0.6) is 0 Å². The molecule has 1 aliphatic heterocycles. The average molecular weight is 210 g/mol. The molecule has 2 heterocycles. The van der Waals surface area contributed by atoms with Crippen LogP contribution in [-0.2, 0) is 9.59 Å². The number of carboxylic acid groups (broad SMARTS) is 1. The zero-order chi connectivity index (χ0) is 11.0. The molecule has 80 valence electrons. The smallest absolute Gasteiger partial charge is 0.308 e. The molecule has 1 fully saturated rings. The standard InChI is InChI=1S/C9H10N2O4/c1-5-2-7(10-15-5)11-4-6(9(13)14)3-8(11)12/h2,6H,3-4H2,1H3,(H,13,14)/t6-/m0/s1. The van der Waals surface area contributed by atoms with E-state index in [0.717, 1.165) is 0 Å². The Hall–Kier alpha value is -1.85. The highest BCUT2D eigenvalue weighted by Crippen LogP contribution is 2.24. The molecule has 1 aliphatic rings. The molecule has 0 aromatic carbocycles. The van der Waals surface area contributed by atoms with Crippen molar-refractivity contribution in [3.8, 4) is 0 Å². The van der Waals surface area contributed by atoms with Crippen LogP contribution in [0.1, 0.15) is 12.2 Å². The molecule has 0 unspecified atom stereocenters. The van der Waals surface area contributed by atoms with E-state index in [1.165, 1.54) is 4.90 Å². The molecule has 1 N–H and O–H groups in total. The molecular formula is C9H10N2O4. The first kappa shape index (κ1) is 9.70. The van der Waals surface area contributed by atoms with Crippen LogP contribution in [0.4, 0.5) is 5.82 Å². The summed E-state index contributed by atoms with van der Waals surface area (Å²) in [5.41, 5.74) is 0. The van der Waals surface area contributed by atoms with E-state index in [0.29, 0.717) is 11.6 Å². The van der Waals surface area contributed by atoms with Gasteiger partial charge in [-0.15, -0.1) is 0 Å². The average Bonchev–Trinajstić information content (AvgIpc) is 2.71. The highest BCUT2D eigenvalue weighted by atomic mass is 16.5. The number of carbonyl (C=O) groups excluding carboxylic acids is 1. The number of amides is 1. The topological polar surface area (TPSA) is 83.6 Å². The maximum absolute atomic E-state index is 11.5. The number of anilines is 1. The summed E-state index contributed by atoms with van der Waals surface area (Å²) < 4.78 is 4.83. The van der Waals surface area contributed by atoms with E-state index >= 15 is 0 Å². The number of aromatic nitrogens is 1. The van der Waals surface area contributed by atoms with Gasteiger partial charge in [0.15, 0.2) is 5.82 Å². The summed E-state index contributed by atoms with van der Waals surface area (Å²) in [5.74, 6) is -0.839. The first-order chi connectivity index (χ1) is 7.08. The zero-order valence-corrected chi connectivity index (χ0v) is 8.14. The van der Waals surface area contributed by atoms with E-state index in [-0.39, 0.29) is 18.9 Å². The molecular weight excluding hydrogens is 200 g/mol. The molecule has 0 radical (unpaired) electrons. The first-order valence-corrected chi connectivity index (χ1v) is 4.54. The van der Waals surface area contributed by atoms with Gasteiger partial charge in [-0.3, -0.25) is 14.5 Å². The van der Waals surface area contributed by atoms with E-state index in [1.807, 2.05) is 0 Å². The molecule has 0 bridgehead atoms. The van der Waals surface area contributed by atoms with Crippen molar-refractivity contribution >= 4 is 17.7 Å². The second-order valence-electron chi connectivity index (χ2n) is 3.54. The van der Waals surface area contributed by atoms with Gasteiger partial charge in [0.05, 0.1) is 5.92 Å². The Morgan fingerprint density at radius 1 is 1.73 bits per heavy atom. The summed E-state index contributed by atoms with van der Waals surface area (Å²) in [4.78, 5) is 23.5. The number of aliphatic carboxylic acids is 1. The summed E-state index contributed by atoms with van der Waals surface area (Å²) in [6, 6.07) is 1.61. The van der Waals surface area contributed by atoms with Crippen molar-refractivity contribution in [1.82, 2.24) is 5.16 Å². The number of hydrogen-bond acceptors (Lipinski definition) is 4. The zero-order valence-electron chi connectivity index (χ0n) is 8.14. The third kappa shape index (κ3) is 1.70. The number of carboxylic acids is 1. The van der Waals surface area contributed by atoms with Crippen LogP contribution in [0.2, 0.25) is 0 Å². The molecule has 6 nitrogen and oxygen atoms in total. The minimum atomic E-state index is -0.953. The van der Waals surface area contributed by atoms with Gasteiger partial charge in [-0.05, 0) is 6.92 Å². The van der Waals surface area contributed by atoms with Crippen molar-refractivity contribution in [3.63, 3.8) is 0 Å². The second kappa shape index (κ2) is 3.38. The van der Waals surface area contributed by atoms with E-state index < -0.39 is 11.9 Å². The van der Waals surface area contributed by atoms with Gasteiger partial charge in [0.25, 0.3) is 0 Å². The van der Waals surface area contributed by atoms with Crippen LogP contribution in [0.3, 0.4) is 0 Å². The largest absolute Gasteiger partial charge is 0.481 e. The molecule has 1 atom stereocenters. The van der Waals surface area contributed by atoms with E-state index in [4.69, 9.17) is 9.63 Å². The van der Waals surface area contributed by atoms with E-state index in [1.54, 1.807) is 13.0 Å². The fourth-order valence-corrected chi connectivity index (χ4v) is 1.57. The Morgan fingerprint density at radius 2 is 2.47 bits per heavy atom. The molecule has 2 rings (SSSR count). The van der Waals surface area contributed by atoms with Crippen LogP contribution in [0, 0.1) is 12.8 Å². The van der Waals surface area contributed by atoms with Crippen LogP contribution in [0.15, 0.2) is 10.6 Å². The third-order valence-corrected chi connectivity index (χ3v) is 2.37. The molecule has 0 spiro atoms. The summed E-state index contributed by atoms with van der Waals surface area (Å²) in [6.07, 6.45) is 0.0290. The second-order valence-corrected chi connectivity index (χ2v) is 3.54. The fourth-order valence-electron chi connectivity index (χ4n) is 1.57. The van der Waals surface area contributed by atoms with Gasteiger partial charge in [-0.1, -0.05) is 5.16 Å².